The van der Waals surface area contributed by atoms with Crippen molar-refractivity contribution in [2.75, 3.05) is 26.2 Å². The summed E-state index contributed by atoms with van der Waals surface area (Å²) in [5.74, 6) is 0.932. The van der Waals surface area contributed by atoms with E-state index >= 15 is 0 Å². The Morgan fingerprint density at radius 2 is 1.75 bits per heavy atom. The molecule has 5 aromatic rings. The fraction of sp³-hybridized carbons (Fsp3) is 0.281. The fourth-order valence-corrected chi connectivity index (χ4v) is 5.55. The van der Waals surface area contributed by atoms with Gasteiger partial charge >= 0.3 is 5.63 Å². The Morgan fingerprint density at radius 1 is 1.00 bits per heavy atom. The molecule has 6 rings (SSSR count). The van der Waals surface area contributed by atoms with Gasteiger partial charge in [0.25, 0.3) is 5.91 Å². The van der Waals surface area contributed by atoms with Gasteiger partial charge in [-0.3, -0.25) is 4.79 Å². The Hall–Kier alpha value is -4.30. The lowest BCUT2D eigenvalue weighted by atomic mass is 9.93. The van der Waals surface area contributed by atoms with Gasteiger partial charge in [0.05, 0.1) is 11.0 Å². The summed E-state index contributed by atoms with van der Waals surface area (Å²) >= 11 is 0. The molecule has 1 aliphatic rings. The van der Waals surface area contributed by atoms with Crippen molar-refractivity contribution in [2.24, 2.45) is 5.92 Å². The highest BCUT2D eigenvalue weighted by atomic mass is 19.1. The van der Waals surface area contributed by atoms with Gasteiger partial charge in [-0.15, -0.1) is 0 Å². The molecule has 1 aliphatic heterocycles. The van der Waals surface area contributed by atoms with Crippen molar-refractivity contribution < 1.29 is 13.6 Å². The number of halogens is 1. The third kappa shape index (κ3) is 5.67. The molecule has 0 bridgehead atoms. The van der Waals surface area contributed by atoms with E-state index in [1.807, 2.05) is 42.5 Å². The summed E-state index contributed by atoms with van der Waals surface area (Å²) in [5.41, 5.74) is 2.99. The van der Waals surface area contributed by atoms with Crippen LogP contribution >= 0.6 is 0 Å². The minimum Gasteiger partial charge on any atom is -0.422 e. The summed E-state index contributed by atoms with van der Waals surface area (Å²) < 4.78 is 21.0. The molecule has 1 fully saturated rings. The Balaban J connectivity index is 1.04. The van der Waals surface area contributed by atoms with Gasteiger partial charge in [0.2, 0.25) is 0 Å². The number of hydrogen-bond donors (Lipinski definition) is 1. The Morgan fingerprint density at radius 3 is 2.58 bits per heavy atom. The molecule has 1 saturated heterocycles. The van der Waals surface area contributed by atoms with Crippen LogP contribution in [0.2, 0.25) is 0 Å². The Bertz CT molecular complexity index is 1700. The van der Waals surface area contributed by atoms with Crippen LogP contribution in [0.3, 0.4) is 0 Å². The first-order valence-corrected chi connectivity index (χ1v) is 13.8. The number of benzene rings is 3. The van der Waals surface area contributed by atoms with E-state index in [0.717, 1.165) is 66.7 Å². The summed E-state index contributed by atoms with van der Waals surface area (Å²) in [6.45, 7) is 3.72. The number of para-hydroxylation sites is 3. The summed E-state index contributed by atoms with van der Waals surface area (Å²) in [7, 11) is 0. The molecule has 40 heavy (non-hydrogen) atoms. The van der Waals surface area contributed by atoms with Crippen LogP contribution in [0, 0.1) is 11.7 Å². The first-order valence-electron chi connectivity index (χ1n) is 13.8. The number of nitrogens with one attached hydrogen (secondary N) is 1. The normalized spacial score (nSPS) is 14.6. The number of carbonyl (C=O) groups excluding carboxylic acids is 1. The summed E-state index contributed by atoms with van der Waals surface area (Å²) in [6, 6.07) is 23.6. The zero-order valence-corrected chi connectivity index (χ0v) is 22.2. The fourth-order valence-electron chi connectivity index (χ4n) is 5.55. The molecule has 3 aromatic carbocycles. The van der Waals surface area contributed by atoms with Gasteiger partial charge in [0.1, 0.15) is 22.8 Å². The standard InChI is InChI=1S/C32H31FN4O3/c33-25-11-9-23(10-12-25)21-37-28-7-3-2-6-27(28)35-30(37)19-22-13-16-36(17-14-22)18-15-34-31(38)26-20-24-5-1-4-8-29(24)40-32(26)39/h1-12,20,22H,13-19,21H2,(H,34,38). The number of hydrogen-bond acceptors (Lipinski definition) is 5. The predicted octanol–water partition coefficient (Wildman–Crippen LogP) is 5.01. The molecule has 2 aromatic heterocycles. The molecule has 0 unspecified atom stereocenters. The largest absolute Gasteiger partial charge is 0.422 e. The highest BCUT2D eigenvalue weighted by Crippen LogP contribution is 2.25. The first-order chi connectivity index (χ1) is 19.5. The van der Waals surface area contributed by atoms with E-state index < -0.39 is 11.5 Å². The van der Waals surface area contributed by atoms with E-state index in [9.17, 15) is 14.0 Å². The topological polar surface area (TPSA) is 80.4 Å². The van der Waals surface area contributed by atoms with E-state index in [1.165, 1.54) is 12.1 Å². The average molecular weight is 539 g/mol. The summed E-state index contributed by atoms with van der Waals surface area (Å²) in [5, 5.41) is 3.60. The lowest BCUT2D eigenvalue weighted by molar-refractivity contribution is 0.0940. The van der Waals surface area contributed by atoms with E-state index in [4.69, 9.17) is 9.40 Å². The number of likely N-dealkylation sites (tertiary alicyclic amines) is 1. The van der Waals surface area contributed by atoms with Crippen molar-refractivity contribution in [1.29, 1.82) is 0 Å². The molecular formula is C32H31FN4O3. The van der Waals surface area contributed by atoms with E-state index in [-0.39, 0.29) is 11.4 Å². The number of rotatable bonds is 8. The molecular weight excluding hydrogens is 507 g/mol. The highest BCUT2D eigenvalue weighted by Gasteiger charge is 2.22. The molecule has 204 valence electrons. The molecule has 8 heteroatoms. The van der Waals surface area contributed by atoms with Crippen LogP contribution in [-0.2, 0) is 13.0 Å². The maximum absolute atomic E-state index is 13.4. The average Bonchev–Trinajstić information content (AvgIpc) is 3.31. The Kier molecular flexibility index (Phi) is 7.42. The summed E-state index contributed by atoms with van der Waals surface area (Å²) in [4.78, 5) is 32.2. The number of amides is 1. The monoisotopic (exact) mass is 538 g/mol. The molecule has 0 atom stereocenters. The summed E-state index contributed by atoms with van der Waals surface area (Å²) in [6.07, 6.45) is 2.97. The van der Waals surface area contributed by atoms with E-state index in [0.29, 0.717) is 24.6 Å². The number of fused-ring (bicyclic) bond motifs is 2. The molecule has 0 saturated carbocycles. The zero-order valence-electron chi connectivity index (χ0n) is 22.2. The maximum Gasteiger partial charge on any atom is 0.349 e. The molecule has 0 radical (unpaired) electrons. The van der Waals surface area contributed by atoms with Crippen molar-refractivity contribution in [2.45, 2.75) is 25.8 Å². The smallest absolute Gasteiger partial charge is 0.349 e. The van der Waals surface area contributed by atoms with Crippen LogP contribution in [0.15, 0.2) is 88.1 Å². The minimum absolute atomic E-state index is 0.0286. The lowest BCUT2D eigenvalue weighted by Gasteiger charge is -2.32. The van der Waals surface area contributed by atoms with Crippen LogP contribution in [-0.4, -0.2) is 46.5 Å². The Labute approximate surface area is 231 Å². The van der Waals surface area contributed by atoms with Crippen LogP contribution < -0.4 is 10.9 Å². The minimum atomic E-state index is -0.623. The molecule has 7 nitrogen and oxygen atoms in total. The number of aromatic nitrogens is 2. The number of piperidine rings is 1. The highest BCUT2D eigenvalue weighted by molar-refractivity contribution is 5.96. The lowest BCUT2D eigenvalue weighted by Crippen LogP contribution is -2.40. The van der Waals surface area contributed by atoms with Gasteiger partial charge in [-0.25, -0.2) is 14.2 Å². The van der Waals surface area contributed by atoms with E-state index in [1.54, 1.807) is 18.2 Å². The molecule has 1 N–H and O–H groups in total. The van der Waals surface area contributed by atoms with Gasteiger partial charge in [0, 0.05) is 31.4 Å². The first kappa shape index (κ1) is 26.0. The van der Waals surface area contributed by atoms with E-state index in [2.05, 4.69) is 20.9 Å². The van der Waals surface area contributed by atoms with Gasteiger partial charge in [-0.05, 0) is 73.8 Å². The van der Waals surface area contributed by atoms with Gasteiger partial charge in [0.15, 0.2) is 0 Å². The second-order valence-electron chi connectivity index (χ2n) is 10.5. The second-order valence-corrected chi connectivity index (χ2v) is 10.5. The molecule has 0 spiro atoms. The third-order valence-electron chi connectivity index (χ3n) is 7.77. The van der Waals surface area contributed by atoms with Crippen LogP contribution in [0.25, 0.3) is 22.0 Å². The van der Waals surface area contributed by atoms with Crippen molar-refractivity contribution in [3.05, 3.63) is 112 Å². The molecule has 3 heterocycles. The van der Waals surface area contributed by atoms with Gasteiger partial charge < -0.3 is 19.2 Å². The van der Waals surface area contributed by atoms with Crippen LogP contribution in [0.4, 0.5) is 4.39 Å². The molecule has 0 aliphatic carbocycles. The van der Waals surface area contributed by atoms with Crippen molar-refractivity contribution >= 4 is 27.9 Å². The molecule has 1 amide bonds. The van der Waals surface area contributed by atoms with Crippen molar-refractivity contribution in [1.82, 2.24) is 19.8 Å². The zero-order chi connectivity index (χ0) is 27.5. The quantitative estimate of drug-likeness (QED) is 0.281. The number of carbonyl (C=O) groups is 1. The number of nitrogens with zero attached hydrogens (tertiary/aromatic N) is 3. The maximum atomic E-state index is 13.4. The van der Waals surface area contributed by atoms with Gasteiger partial charge in [-0.2, -0.15) is 0 Å². The SMILES string of the molecule is O=C(NCCN1CCC(Cc2nc3ccccc3n2Cc2ccc(F)cc2)CC1)c1cc2ccccc2oc1=O. The second kappa shape index (κ2) is 11.4. The van der Waals surface area contributed by atoms with Gasteiger partial charge in [-0.1, -0.05) is 42.5 Å². The van der Waals surface area contributed by atoms with Crippen molar-refractivity contribution in [3.8, 4) is 0 Å². The van der Waals surface area contributed by atoms with Crippen molar-refractivity contribution in [3.63, 3.8) is 0 Å². The predicted molar refractivity (Wildman–Crippen MR) is 153 cm³/mol. The number of imidazole rings is 1. The third-order valence-corrected chi connectivity index (χ3v) is 7.77. The van der Waals surface area contributed by atoms with Crippen LogP contribution in [0.5, 0.6) is 0 Å². The van der Waals surface area contributed by atoms with Crippen LogP contribution in [0.1, 0.15) is 34.6 Å².